The van der Waals surface area contributed by atoms with Crippen LogP contribution >= 0.6 is 11.6 Å². The second kappa shape index (κ2) is 8.16. The molecule has 0 radical (unpaired) electrons. The smallest absolute Gasteiger partial charge is 0.396 e. The first-order valence-corrected chi connectivity index (χ1v) is 11.5. The molecule has 2 amide bonds. The number of hydrogen-bond donors (Lipinski definition) is 1. The van der Waals surface area contributed by atoms with Gasteiger partial charge in [-0.1, -0.05) is 11.6 Å². The SMILES string of the molecule is O=C(c1nn2c(C(F)(F)F)cc(C3CC3)cc2c1Cl)N1CCN([C@@H]2CCC(CO)C2)C(=O)C1. The number of alkyl halides is 3. The molecule has 0 aromatic carbocycles. The highest BCUT2D eigenvalue weighted by Gasteiger charge is 2.40. The molecule has 0 bridgehead atoms. The molecule has 1 saturated heterocycles. The zero-order valence-electron chi connectivity index (χ0n) is 17.8. The van der Waals surface area contributed by atoms with Crippen molar-refractivity contribution in [3.8, 4) is 0 Å². The number of hydrogen-bond acceptors (Lipinski definition) is 4. The molecule has 5 rings (SSSR count). The number of aliphatic hydroxyl groups is 1. The minimum Gasteiger partial charge on any atom is -0.396 e. The van der Waals surface area contributed by atoms with E-state index in [-0.39, 0.29) is 59.7 Å². The van der Waals surface area contributed by atoms with Gasteiger partial charge in [0.2, 0.25) is 5.91 Å². The van der Waals surface area contributed by atoms with Gasteiger partial charge in [-0.2, -0.15) is 18.3 Å². The van der Waals surface area contributed by atoms with E-state index in [1.165, 1.54) is 4.90 Å². The van der Waals surface area contributed by atoms with Crippen molar-refractivity contribution >= 4 is 28.9 Å². The average molecular weight is 485 g/mol. The number of amides is 2. The predicted octanol–water partition coefficient (Wildman–Crippen LogP) is 3.33. The van der Waals surface area contributed by atoms with Gasteiger partial charge in [-0.25, -0.2) is 4.52 Å². The Morgan fingerprint density at radius 1 is 1.18 bits per heavy atom. The first-order valence-electron chi connectivity index (χ1n) is 11.2. The van der Waals surface area contributed by atoms with Crippen molar-refractivity contribution in [3.05, 3.63) is 34.1 Å². The van der Waals surface area contributed by atoms with Crippen molar-refractivity contribution in [2.45, 2.75) is 50.2 Å². The molecule has 1 N–H and O–H groups in total. The lowest BCUT2D eigenvalue weighted by Crippen LogP contribution is -2.55. The molecule has 3 fully saturated rings. The number of carbonyl (C=O) groups is 2. The topological polar surface area (TPSA) is 78.2 Å². The maximum absolute atomic E-state index is 13.7. The van der Waals surface area contributed by atoms with Crippen LogP contribution < -0.4 is 0 Å². The Morgan fingerprint density at radius 2 is 1.94 bits per heavy atom. The number of halogens is 4. The Labute approximate surface area is 193 Å². The molecule has 2 aromatic heterocycles. The highest BCUT2D eigenvalue weighted by Crippen LogP contribution is 2.43. The lowest BCUT2D eigenvalue weighted by atomic mass is 10.1. The summed E-state index contributed by atoms with van der Waals surface area (Å²) in [5.74, 6) is -0.627. The minimum atomic E-state index is -4.66. The third-order valence-electron chi connectivity index (χ3n) is 6.99. The summed E-state index contributed by atoms with van der Waals surface area (Å²) in [6.07, 6.45) is -0.622. The normalized spacial score (nSPS) is 24.2. The number of aliphatic hydroxyl groups excluding tert-OH is 1. The number of nitrogens with zero attached hydrogens (tertiary/aromatic N) is 4. The van der Waals surface area contributed by atoms with Crippen LogP contribution in [0.3, 0.4) is 0 Å². The molecular formula is C22H24ClF3N4O3. The molecule has 2 aromatic rings. The first kappa shape index (κ1) is 22.5. The summed E-state index contributed by atoms with van der Waals surface area (Å²) < 4.78 is 41.8. The van der Waals surface area contributed by atoms with Gasteiger partial charge in [-0.3, -0.25) is 9.59 Å². The maximum Gasteiger partial charge on any atom is 0.433 e. The van der Waals surface area contributed by atoms with Gasteiger partial charge in [0.05, 0.1) is 10.5 Å². The standard InChI is InChI=1S/C22H24ClF3N4O3/c23-19-16-8-14(13-2-3-13)9-17(22(24,25)26)30(16)27-20(19)21(33)28-5-6-29(18(32)10-28)15-4-1-12(7-15)11-31/h8-9,12-13,15,31H,1-7,10-11H2/t12?,15-/m1/s1. The molecule has 3 aliphatic rings. The molecule has 1 unspecified atom stereocenters. The van der Waals surface area contributed by atoms with Gasteiger partial charge < -0.3 is 14.9 Å². The number of aromatic nitrogens is 2. The summed E-state index contributed by atoms with van der Waals surface area (Å²) in [5.41, 5.74) is -0.666. The largest absolute Gasteiger partial charge is 0.433 e. The van der Waals surface area contributed by atoms with Gasteiger partial charge in [0.15, 0.2) is 5.69 Å². The Hall–Kier alpha value is -2.33. The second-order valence-corrected chi connectivity index (χ2v) is 9.61. The molecule has 2 saturated carbocycles. The number of piperazine rings is 1. The van der Waals surface area contributed by atoms with E-state index in [1.807, 2.05) is 0 Å². The Balaban J connectivity index is 1.40. The maximum atomic E-state index is 13.7. The van der Waals surface area contributed by atoms with Gasteiger partial charge >= 0.3 is 6.18 Å². The van der Waals surface area contributed by atoms with E-state index in [2.05, 4.69) is 5.10 Å². The lowest BCUT2D eigenvalue weighted by molar-refractivity contribution is -0.142. The van der Waals surface area contributed by atoms with Crippen LogP contribution in [0.15, 0.2) is 12.1 Å². The fraction of sp³-hybridized carbons (Fsp3) is 0.591. The van der Waals surface area contributed by atoms with Crippen LogP contribution in [0.5, 0.6) is 0 Å². The Morgan fingerprint density at radius 3 is 2.55 bits per heavy atom. The highest BCUT2D eigenvalue weighted by molar-refractivity contribution is 6.36. The fourth-order valence-corrected chi connectivity index (χ4v) is 5.28. The Bertz CT molecular complexity index is 1110. The predicted molar refractivity (Wildman–Crippen MR) is 113 cm³/mol. The van der Waals surface area contributed by atoms with Gasteiger partial charge in [0.1, 0.15) is 12.2 Å². The van der Waals surface area contributed by atoms with Crippen LogP contribution in [-0.2, 0) is 11.0 Å². The first-order chi connectivity index (χ1) is 15.7. The number of pyridine rings is 1. The van der Waals surface area contributed by atoms with Crippen LogP contribution in [0.2, 0.25) is 5.02 Å². The van der Waals surface area contributed by atoms with Crippen molar-refractivity contribution in [2.24, 2.45) is 5.92 Å². The average Bonchev–Trinajstić information content (AvgIpc) is 3.43. The van der Waals surface area contributed by atoms with Gasteiger partial charge in [0, 0.05) is 25.7 Å². The minimum absolute atomic E-state index is 0.0425. The van der Waals surface area contributed by atoms with Crippen LogP contribution in [0.25, 0.3) is 5.52 Å². The number of rotatable bonds is 4. The van der Waals surface area contributed by atoms with Crippen molar-refractivity contribution in [3.63, 3.8) is 0 Å². The highest BCUT2D eigenvalue weighted by atomic mass is 35.5. The van der Waals surface area contributed by atoms with Crippen molar-refractivity contribution in [2.75, 3.05) is 26.2 Å². The second-order valence-electron chi connectivity index (χ2n) is 9.23. The van der Waals surface area contributed by atoms with Crippen LogP contribution in [0.4, 0.5) is 13.2 Å². The summed E-state index contributed by atoms with van der Waals surface area (Å²) >= 11 is 6.37. The Kier molecular flexibility index (Phi) is 5.55. The van der Waals surface area contributed by atoms with E-state index in [4.69, 9.17) is 11.6 Å². The van der Waals surface area contributed by atoms with Gasteiger partial charge in [-0.05, 0) is 61.6 Å². The van der Waals surface area contributed by atoms with E-state index in [0.29, 0.717) is 16.6 Å². The molecule has 11 heteroatoms. The van der Waals surface area contributed by atoms with Crippen molar-refractivity contribution in [1.29, 1.82) is 0 Å². The third kappa shape index (κ3) is 4.07. The van der Waals surface area contributed by atoms with Crippen LogP contribution in [-0.4, -0.2) is 68.6 Å². The molecular weight excluding hydrogens is 461 g/mol. The molecule has 2 atom stereocenters. The molecule has 178 valence electrons. The van der Waals surface area contributed by atoms with E-state index < -0.39 is 17.8 Å². The quantitative estimate of drug-likeness (QED) is 0.722. The van der Waals surface area contributed by atoms with Crippen molar-refractivity contribution in [1.82, 2.24) is 19.4 Å². The molecule has 7 nitrogen and oxygen atoms in total. The monoisotopic (exact) mass is 484 g/mol. The summed E-state index contributed by atoms with van der Waals surface area (Å²) in [7, 11) is 0. The van der Waals surface area contributed by atoms with E-state index >= 15 is 0 Å². The summed E-state index contributed by atoms with van der Waals surface area (Å²) in [6, 6.07) is 2.69. The third-order valence-corrected chi connectivity index (χ3v) is 7.37. The summed E-state index contributed by atoms with van der Waals surface area (Å²) in [5, 5.41) is 13.2. The summed E-state index contributed by atoms with van der Waals surface area (Å²) in [6.45, 7) is 0.493. The van der Waals surface area contributed by atoms with Crippen molar-refractivity contribution < 1.29 is 27.9 Å². The number of fused-ring (bicyclic) bond motifs is 1. The summed E-state index contributed by atoms with van der Waals surface area (Å²) in [4.78, 5) is 28.9. The van der Waals surface area contributed by atoms with E-state index in [0.717, 1.165) is 38.2 Å². The molecule has 33 heavy (non-hydrogen) atoms. The zero-order chi connectivity index (χ0) is 23.5. The fourth-order valence-electron chi connectivity index (χ4n) is 5.02. The molecule has 2 aliphatic carbocycles. The molecule has 3 heterocycles. The lowest BCUT2D eigenvalue weighted by Gasteiger charge is -2.37. The van der Waals surface area contributed by atoms with Gasteiger partial charge in [0.25, 0.3) is 5.91 Å². The molecule has 1 aliphatic heterocycles. The molecule has 0 spiro atoms. The number of carbonyl (C=O) groups excluding carboxylic acids is 2. The van der Waals surface area contributed by atoms with E-state index in [9.17, 15) is 27.9 Å². The van der Waals surface area contributed by atoms with E-state index in [1.54, 1.807) is 11.0 Å². The van der Waals surface area contributed by atoms with Crippen LogP contribution in [0, 0.1) is 5.92 Å². The van der Waals surface area contributed by atoms with Crippen LogP contribution in [0.1, 0.15) is 59.8 Å². The zero-order valence-corrected chi connectivity index (χ0v) is 18.6. The van der Waals surface area contributed by atoms with Gasteiger partial charge in [-0.15, -0.1) is 0 Å².